The fourth-order valence-corrected chi connectivity index (χ4v) is 2.60. The van der Waals surface area contributed by atoms with E-state index in [0.29, 0.717) is 38.3 Å². The Bertz CT molecular complexity index is 553. The lowest BCUT2D eigenvalue weighted by Crippen LogP contribution is -2.46. The van der Waals surface area contributed by atoms with Gasteiger partial charge in [-0.2, -0.15) is 13.2 Å². The van der Waals surface area contributed by atoms with Gasteiger partial charge in [-0.15, -0.1) is 13.2 Å². The molecule has 1 N–H and O–H groups in total. The molecule has 1 aromatic rings. The van der Waals surface area contributed by atoms with Crippen LogP contribution in [0, 0.1) is 5.82 Å². The highest BCUT2D eigenvalue weighted by molar-refractivity contribution is 5.31. The van der Waals surface area contributed by atoms with Gasteiger partial charge in [-0.1, -0.05) is 6.07 Å². The maximum absolute atomic E-state index is 13.8. The minimum absolute atomic E-state index is 0.0405. The first-order valence-electron chi connectivity index (χ1n) is 7.12. The molecule has 2 rings (SSSR count). The van der Waals surface area contributed by atoms with Crippen molar-refractivity contribution in [2.24, 2.45) is 0 Å². The number of alkyl halides is 6. The Kier molecular flexibility index (Phi) is 5.59. The largest absolute Gasteiger partial charge is 0.573 e. The van der Waals surface area contributed by atoms with E-state index >= 15 is 0 Å². The van der Waals surface area contributed by atoms with Crippen molar-refractivity contribution in [3.63, 3.8) is 0 Å². The molecule has 0 saturated carbocycles. The molecule has 0 aliphatic carbocycles. The van der Waals surface area contributed by atoms with Gasteiger partial charge in [0.05, 0.1) is 6.42 Å². The molecule has 1 aliphatic heterocycles. The third-order valence-electron chi connectivity index (χ3n) is 3.58. The number of hydrogen-bond donors (Lipinski definition) is 1. The van der Waals surface area contributed by atoms with Gasteiger partial charge in [0.2, 0.25) is 0 Å². The Balaban J connectivity index is 2.26. The van der Waals surface area contributed by atoms with Crippen LogP contribution in [0.1, 0.15) is 18.0 Å². The summed E-state index contributed by atoms with van der Waals surface area (Å²) in [5.41, 5.74) is -0.0405. The van der Waals surface area contributed by atoms with Crippen LogP contribution in [0.2, 0.25) is 0 Å². The third-order valence-corrected chi connectivity index (χ3v) is 3.58. The van der Waals surface area contributed by atoms with Crippen LogP contribution in [0.3, 0.4) is 0 Å². The molecule has 0 bridgehead atoms. The van der Waals surface area contributed by atoms with E-state index < -0.39 is 36.6 Å². The molecular formula is C14H15F7N2O. The zero-order valence-electron chi connectivity index (χ0n) is 12.3. The second-order valence-electron chi connectivity index (χ2n) is 5.36. The Morgan fingerprint density at radius 2 is 1.71 bits per heavy atom. The van der Waals surface area contributed by atoms with Crippen molar-refractivity contribution in [1.82, 2.24) is 10.2 Å². The summed E-state index contributed by atoms with van der Waals surface area (Å²) in [4.78, 5) is 1.53. The van der Waals surface area contributed by atoms with E-state index in [0.717, 1.165) is 6.07 Å². The van der Waals surface area contributed by atoms with Gasteiger partial charge < -0.3 is 10.1 Å². The minimum atomic E-state index is -5.08. The highest BCUT2D eigenvalue weighted by atomic mass is 19.4. The van der Waals surface area contributed by atoms with Crippen LogP contribution in [0.15, 0.2) is 18.2 Å². The van der Waals surface area contributed by atoms with Gasteiger partial charge >= 0.3 is 12.5 Å². The van der Waals surface area contributed by atoms with Crippen LogP contribution in [0.5, 0.6) is 5.75 Å². The Morgan fingerprint density at radius 1 is 1.08 bits per heavy atom. The number of halogens is 7. The summed E-state index contributed by atoms with van der Waals surface area (Å²) in [6, 6.07) is 1.23. The molecule has 0 radical (unpaired) electrons. The SMILES string of the molecule is Fc1cc([C@@H](CC(F)(F)F)N2CCNCC2)ccc1OC(F)(F)F. The fraction of sp³-hybridized carbons (Fsp3) is 0.571. The number of nitrogens with one attached hydrogen (secondary N) is 1. The molecule has 1 heterocycles. The molecule has 0 spiro atoms. The predicted molar refractivity (Wildman–Crippen MR) is 70.9 cm³/mol. The lowest BCUT2D eigenvalue weighted by atomic mass is 10.0. The van der Waals surface area contributed by atoms with E-state index in [1.807, 2.05) is 0 Å². The molecule has 3 nitrogen and oxygen atoms in total. The van der Waals surface area contributed by atoms with Gasteiger partial charge in [-0.3, -0.25) is 4.90 Å². The lowest BCUT2D eigenvalue weighted by molar-refractivity contribution is -0.275. The van der Waals surface area contributed by atoms with Crippen LogP contribution >= 0.6 is 0 Å². The standard InChI is InChI=1S/C14H15F7N2O/c15-10-7-9(1-2-12(10)24-14(19,20)21)11(8-13(16,17)18)23-5-3-22-4-6-23/h1-2,7,11,22H,3-6,8H2/t11-/m1/s1. The highest BCUT2D eigenvalue weighted by Crippen LogP contribution is 2.36. The van der Waals surface area contributed by atoms with Crippen molar-refractivity contribution in [2.75, 3.05) is 26.2 Å². The van der Waals surface area contributed by atoms with Gasteiger partial charge in [0, 0.05) is 32.2 Å². The Hall–Kier alpha value is -1.55. The van der Waals surface area contributed by atoms with Gasteiger partial charge in [-0.05, 0) is 17.7 Å². The average Bonchev–Trinajstić information content (AvgIpc) is 2.46. The zero-order valence-corrected chi connectivity index (χ0v) is 12.3. The number of piperazine rings is 1. The molecule has 0 unspecified atom stereocenters. The van der Waals surface area contributed by atoms with Crippen LogP contribution in [-0.2, 0) is 0 Å². The molecular weight excluding hydrogens is 345 g/mol. The summed E-state index contributed by atoms with van der Waals surface area (Å²) in [5.74, 6) is -2.43. The molecule has 24 heavy (non-hydrogen) atoms. The van der Waals surface area contributed by atoms with Crippen molar-refractivity contribution < 1.29 is 35.5 Å². The molecule has 1 aliphatic rings. The third kappa shape index (κ3) is 5.52. The van der Waals surface area contributed by atoms with E-state index in [2.05, 4.69) is 10.1 Å². The number of ether oxygens (including phenoxy) is 1. The van der Waals surface area contributed by atoms with Crippen LogP contribution in [0.4, 0.5) is 30.7 Å². The summed E-state index contributed by atoms with van der Waals surface area (Å²) in [6.07, 6.45) is -10.8. The first-order valence-corrected chi connectivity index (χ1v) is 7.12. The van der Waals surface area contributed by atoms with Crippen molar-refractivity contribution in [2.45, 2.75) is 25.0 Å². The summed E-state index contributed by atoms with van der Waals surface area (Å²) < 4.78 is 92.2. The molecule has 1 aromatic carbocycles. The molecule has 0 aromatic heterocycles. The first kappa shape index (κ1) is 18.8. The first-order chi connectivity index (χ1) is 11.1. The van der Waals surface area contributed by atoms with Gasteiger partial charge in [-0.25, -0.2) is 4.39 Å². The maximum atomic E-state index is 13.8. The Morgan fingerprint density at radius 3 is 2.21 bits per heavy atom. The lowest BCUT2D eigenvalue weighted by Gasteiger charge is -2.35. The summed E-state index contributed by atoms with van der Waals surface area (Å²) in [7, 11) is 0. The zero-order chi connectivity index (χ0) is 18.0. The predicted octanol–water partition coefficient (Wildman–Crippen LogP) is 3.62. The smallest absolute Gasteiger partial charge is 0.403 e. The molecule has 136 valence electrons. The topological polar surface area (TPSA) is 24.5 Å². The van der Waals surface area contributed by atoms with Crippen LogP contribution < -0.4 is 10.1 Å². The van der Waals surface area contributed by atoms with Crippen molar-refractivity contribution in [3.05, 3.63) is 29.6 Å². The average molecular weight is 360 g/mol. The van der Waals surface area contributed by atoms with Gasteiger partial charge in [0.25, 0.3) is 0 Å². The maximum Gasteiger partial charge on any atom is 0.573 e. The van der Waals surface area contributed by atoms with E-state index in [1.54, 1.807) is 0 Å². The monoisotopic (exact) mass is 360 g/mol. The summed E-state index contributed by atoms with van der Waals surface area (Å²) >= 11 is 0. The molecule has 1 atom stereocenters. The number of rotatable bonds is 4. The summed E-state index contributed by atoms with van der Waals surface area (Å²) in [5, 5.41) is 2.99. The normalized spacial score (nSPS) is 18.5. The quantitative estimate of drug-likeness (QED) is 0.830. The molecule has 1 fully saturated rings. The highest BCUT2D eigenvalue weighted by Gasteiger charge is 2.37. The van der Waals surface area contributed by atoms with Gasteiger partial charge in [0.1, 0.15) is 0 Å². The second-order valence-corrected chi connectivity index (χ2v) is 5.36. The summed E-state index contributed by atoms with van der Waals surface area (Å²) in [6.45, 7) is 1.60. The van der Waals surface area contributed by atoms with Crippen LogP contribution in [-0.4, -0.2) is 43.6 Å². The van der Waals surface area contributed by atoms with Crippen LogP contribution in [0.25, 0.3) is 0 Å². The number of benzene rings is 1. The van der Waals surface area contributed by atoms with Gasteiger partial charge in [0.15, 0.2) is 11.6 Å². The van der Waals surface area contributed by atoms with Crippen molar-refractivity contribution in [1.29, 1.82) is 0 Å². The van der Waals surface area contributed by atoms with E-state index in [4.69, 9.17) is 0 Å². The van der Waals surface area contributed by atoms with Crippen molar-refractivity contribution >= 4 is 0 Å². The molecule has 0 amide bonds. The van der Waals surface area contributed by atoms with Crippen molar-refractivity contribution in [3.8, 4) is 5.75 Å². The number of nitrogens with zero attached hydrogens (tertiary/aromatic N) is 1. The second kappa shape index (κ2) is 7.14. The minimum Gasteiger partial charge on any atom is -0.403 e. The molecule has 10 heteroatoms. The fourth-order valence-electron chi connectivity index (χ4n) is 2.60. The van der Waals surface area contributed by atoms with E-state index in [-0.39, 0.29) is 5.56 Å². The van der Waals surface area contributed by atoms with E-state index in [9.17, 15) is 30.7 Å². The molecule has 1 saturated heterocycles. The number of hydrogen-bond acceptors (Lipinski definition) is 3. The van der Waals surface area contributed by atoms with E-state index in [1.165, 1.54) is 4.90 Å². The Labute approximate surface area is 133 Å².